The van der Waals surface area contributed by atoms with Gasteiger partial charge in [0, 0.05) is 16.5 Å². The zero-order valence-electron chi connectivity index (χ0n) is 9.06. The molecule has 17 heavy (non-hydrogen) atoms. The lowest BCUT2D eigenvalue weighted by Gasteiger charge is -2.06. The predicted octanol–water partition coefficient (Wildman–Crippen LogP) is 3.94. The Morgan fingerprint density at radius 3 is 2.94 bits per heavy atom. The molecule has 1 aromatic carbocycles. The van der Waals surface area contributed by atoms with E-state index < -0.39 is 0 Å². The van der Waals surface area contributed by atoms with E-state index in [1.807, 2.05) is 12.1 Å². The lowest BCUT2D eigenvalue weighted by Crippen LogP contribution is -2.00. The molecule has 0 unspecified atom stereocenters. The highest BCUT2D eigenvalue weighted by Crippen LogP contribution is 2.21. The van der Waals surface area contributed by atoms with Gasteiger partial charge in [-0.3, -0.25) is 4.79 Å². The second-order valence-corrected chi connectivity index (χ2v) is 5.17. The van der Waals surface area contributed by atoms with Crippen LogP contribution in [0.15, 0.2) is 39.5 Å². The topological polar surface area (TPSA) is 26.3 Å². The Balaban J connectivity index is 1.93. The molecule has 0 amide bonds. The molecule has 0 radical (unpaired) electrons. The number of aldehydes is 1. The van der Waals surface area contributed by atoms with Crippen LogP contribution in [-0.4, -0.2) is 12.9 Å². The minimum absolute atomic E-state index is 0.609. The fraction of sp³-hybridized carbons (Fsp3) is 0.154. The van der Waals surface area contributed by atoms with Gasteiger partial charge in [-0.15, -0.1) is 0 Å². The molecule has 2 aromatic rings. The van der Waals surface area contributed by atoms with E-state index >= 15 is 0 Å². The van der Waals surface area contributed by atoms with Gasteiger partial charge in [-0.25, -0.2) is 0 Å². The van der Waals surface area contributed by atoms with Crippen molar-refractivity contribution in [2.24, 2.45) is 0 Å². The van der Waals surface area contributed by atoms with Crippen LogP contribution in [0.25, 0.3) is 0 Å². The molecule has 0 aliphatic carbocycles. The first-order chi connectivity index (χ1) is 8.29. The summed E-state index contributed by atoms with van der Waals surface area (Å²) in [7, 11) is 0. The normalized spacial score (nSPS) is 10.2. The number of thiophene rings is 1. The van der Waals surface area contributed by atoms with Crippen molar-refractivity contribution in [1.82, 2.24) is 0 Å². The largest absolute Gasteiger partial charge is 0.493 e. The molecule has 2 rings (SSSR count). The quantitative estimate of drug-likeness (QED) is 0.782. The summed E-state index contributed by atoms with van der Waals surface area (Å²) in [5, 5.41) is 4.17. The van der Waals surface area contributed by atoms with E-state index in [9.17, 15) is 4.79 Å². The molecule has 0 saturated carbocycles. The van der Waals surface area contributed by atoms with Gasteiger partial charge in [-0.1, -0.05) is 15.9 Å². The third kappa shape index (κ3) is 3.41. The van der Waals surface area contributed by atoms with E-state index in [-0.39, 0.29) is 0 Å². The number of carbonyl (C=O) groups is 1. The maximum atomic E-state index is 10.8. The number of carbonyl (C=O) groups excluding carboxylic acids is 1. The van der Waals surface area contributed by atoms with Crippen LogP contribution in [0.5, 0.6) is 5.75 Å². The fourth-order valence-corrected chi connectivity index (χ4v) is 2.47. The lowest BCUT2D eigenvalue weighted by molar-refractivity contribution is 0.112. The minimum Gasteiger partial charge on any atom is -0.493 e. The van der Waals surface area contributed by atoms with E-state index in [1.54, 1.807) is 17.4 Å². The molecule has 0 atom stereocenters. The number of benzene rings is 1. The van der Waals surface area contributed by atoms with Crippen molar-refractivity contribution >= 4 is 33.6 Å². The Hall–Kier alpha value is -1.13. The minimum atomic E-state index is 0.609. The van der Waals surface area contributed by atoms with Crippen LogP contribution >= 0.6 is 27.3 Å². The fourth-order valence-electron chi connectivity index (χ4n) is 1.42. The van der Waals surface area contributed by atoms with Gasteiger partial charge in [0.2, 0.25) is 0 Å². The van der Waals surface area contributed by atoms with Gasteiger partial charge in [-0.2, -0.15) is 11.3 Å². The number of rotatable bonds is 5. The van der Waals surface area contributed by atoms with Crippen LogP contribution < -0.4 is 4.74 Å². The average molecular weight is 311 g/mol. The summed E-state index contributed by atoms with van der Waals surface area (Å²) in [5.74, 6) is 0.727. The first-order valence-corrected chi connectivity index (χ1v) is 6.92. The zero-order chi connectivity index (χ0) is 12.1. The van der Waals surface area contributed by atoms with Crippen molar-refractivity contribution in [3.05, 3.63) is 50.6 Å². The molecule has 1 heterocycles. The molecule has 0 fully saturated rings. The molecule has 0 saturated heterocycles. The third-order valence-electron chi connectivity index (χ3n) is 2.33. The van der Waals surface area contributed by atoms with Crippen LogP contribution in [-0.2, 0) is 6.42 Å². The summed E-state index contributed by atoms with van der Waals surface area (Å²) in [6.07, 6.45) is 1.70. The zero-order valence-corrected chi connectivity index (χ0v) is 11.5. The average Bonchev–Trinajstić information content (AvgIpc) is 2.84. The van der Waals surface area contributed by atoms with Gasteiger partial charge < -0.3 is 4.74 Å². The summed E-state index contributed by atoms with van der Waals surface area (Å²) in [5.41, 5.74) is 1.89. The summed E-state index contributed by atoms with van der Waals surface area (Å²) in [6.45, 7) is 0.622. The van der Waals surface area contributed by atoms with Crippen molar-refractivity contribution in [3.63, 3.8) is 0 Å². The SMILES string of the molecule is O=Cc1cc(OCCc2ccsc2)ccc1Br. The summed E-state index contributed by atoms with van der Waals surface area (Å²) in [4.78, 5) is 10.8. The maximum Gasteiger partial charge on any atom is 0.151 e. The van der Waals surface area contributed by atoms with E-state index in [0.29, 0.717) is 12.2 Å². The summed E-state index contributed by atoms with van der Waals surface area (Å²) in [6, 6.07) is 7.51. The van der Waals surface area contributed by atoms with Crippen molar-refractivity contribution in [2.45, 2.75) is 6.42 Å². The second-order valence-electron chi connectivity index (χ2n) is 3.53. The van der Waals surface area contributed by atoms with Gasteiger partial charge in [0.25, 0.3) is 0 Å². The Morgan fingerprint density at radius 2 is 2.24 bits per heavy atom. The van der Waals surface area contributed by atoms with Gasteiger partial charge in [0.1, 0.15) is 5.75 Å². The van der Waals surface area contributed by atoms with Crippen LogP contribution in [0.3, 0.4) is 0 Å². The highest BCUT2D eigenvalue weighted by atomic mass is 79.9. The van der Waals surface area contributed by atoms with Gasteiger partial charge >= 0.3 is 0 Å². The van der Waals surface area contributed by atoms with Crippen LogP contribution in [0.4, 0.5) is 0 Å². The summed E-state index contributed by atoms with van der Waals surface area (Å²) >= 11 is 4.99. The monoisotopic (exact) mass is 310 g/mol. The predicted molar refractivity (Wildman–Crippen MR) is 73.0 cm³/mol. The van der Waals surface area contributed by atoms with Crippen molar-refractivity contribution in [1.29, 1.82) is 0 Å². The lowest BCUT2D eigenvalue weighted by atomic mass is 10.2. The molecule has 0 aliphatic rings. The number of hydrogen-bond donors (Lipinski definition) is 0. The van der Waals surface area contributed by atoms with Crippen molar-refractivity contribution in [2.75, 3.05) is 6.61 Å². The Bertz CT molecular complexity index is 494. The first-order valence-electron chi connectivity index (χ1n) is 5.18. The molecule has 88 valence electrons. The van der Waals surface area contributed by atoms with E-state index in [1.165, 1.54) is 5.56 Å². The second kappa shape index (κ2) is 5.98. The van der Waals surface area contributed by atoms with Crippen LogP contribution in [0, 0.1) is 0 Å². The van der Waals surface area contributed by atoms with Gasteiger partial charge in [-0.05, 0) is 40.6 Å². The standard InChI is InChI=1S/C13H11BrO2S/c14-13-2-1-12(7-11(13)8-15)16-5-3-10-4-6-17-9-10/h1-2,4,6-9H,3,5H2. The Morgan fingerprint density at radius 1 is 1.35 bits per heavy atom. The molecule has 0 spiro atoms. The van der Waals surface area contributed by atoms with Crippen LogP contribution in [0.2, 0.25) is 0 Å². The Kier molecular flexibility index (Phi) is 4.34. The first kappa shape index (κ1) is 12.3. The van der Waals surface area contributed by atoms with Crippen molar-refractivity contribution < 1.29 is 9.53 Å². The van der Waals surface area contributed by atoms with E-state index in [4.69, 9.17) is 4.74 Å². The molecule has 0 bridgehead atoms. The van der Waals surface area contributed by atoms with Gasteiger partial charge in [0.15, 0.2) is 6.29 Å². The smallest absolute Gasteiger partial charge is 0.151 e. The molecule has 0 N–H and O–H groups in total. The molecule has 4 heteroatoms. The molecule has 2 nitrogen and oxygen atoms in total. The van der Waals surface area contributed by atoms with Gasteiger partial charge in [0.05, 0.1) is 6.61 Å². The molecule has 1 aromatic heterocycles. The third-order valence-corrected chi connectivity index (χ3v) is 3.79. The van der Waals surface area contributed by atoms with E-state index in [2.05, 4.69) is 32.8 Å². The number of halogens is 1. The molecular formula is C13H11BrO2S. The highest BCUT2D eigenvalue weighted by molar-refractivity contribution is 9.10. The molecule has 0 aliphatic heterocycles. The number of hydrogen-bond acceptors (Lipinski definition) is 3. The highest BCUT2D eigenvalue weighted by Gasteiger charge is 2.01. The number of ether oxygens (including phenoxy) is 1. The van der Waals surface area contributed by atoms with Crippen LogP contribution in [0.1, 0.15) is 15.9 Å². The summed E-state index contributed by atoms with van der Waals surface area (Å²) < 4.78 is 6.39. The molecular weight excluding hydrogens is 300 g/mol. The van der Waals surface area contributed by atoms with Crippen molar-refractivity contribution in [3.8, 4) is 5.75 Å². The van der Waals surface area contributed by atoms with E-state index in [0.717, 1.165) is 22.9 Å². The Labute approximate surface area is 112 Å². The maximum absolute atomic E-state index is 10.8.